The fourth-order valence-corrected chi connectivity index (χ4v) is 7.28. The smallest absolute Gasteiger partial charge is 0.223 e. The van der Waals surface area contributed by atoms with Gasteiger partial charge in [0, 0.05) is 36.6 Å². The molecule has 1 saturated heterocycles. The first kappa shape index (κ1) is 26.7. The van der Waals surface area contributed by atoms with Crippen LogP contribution in [0.3, 0.4) is 0 Å². The Morgan fingerprint density at radius 2 is 1.83 bits per heavy atom. The molecule has 0 amide bonds. The Morgan fingerprint density at radius 1 is 1.14 bits per heavy atom. The van der Waals surface area contributed by atoms with Gasteiger partial charge in [-0.15, -0.1) is 0 Å². The van der Waals surface area contributed by atoms with E-state index in [0.29, 0.717) is 37.0 Å². The average Bonchev–Trinajstić information content (AvgIpc) is 3.19. The molecule has 0 radical (unpaired) electrons. The molecule has 2 aromatic heterocycles. The Balaban J connectivity index is 1.58. The first-order valence-corrected chi connectivity index (χ1v) is 17.6. The molecule has 2 aliphatic rings. The van der Waals surface area contributed by atoms with Crippen LogP contribution in [-0.2, 0) is 14.4 Å². The Labute approximate surface area is 215 Å². The maximum absolute atomic E-state index is 11.8. The molecular weight excluding hydrogens is 502 g/mol. The van der Waals surface area contributed by atoms with Crippen LogP contribution in [0, 0.1) is 0 Å². The number of rotatable bonds is 6. The number of hydrogen-bond donors (Lipinski definition) is 1. The van der Waals surface area contributed by atoms with E-state index in [-0.39, 0.29) is 23.1 Å². The fraction of sp³-hybridized carbons (Fsp3) is 0.708. The topological polar surface area (TPSA) is 97.3 Å². The van der Waals surface area contributed by atoms with Gasteiger partial charge in [0.25, 0.3) is 0 Å². The molecule has 2 atom stereocenters. The van der Waals surface area contributed by atoms with Gasteiger partial charge in [0.15, 0.2) is 8.32 Å². The van der Waals surface area contributed by atoms with Crippen LogP contribution in [0.5, 0.6) is 0 Å². The van der Waals surface area contributed by atoms with E-state index in [9.17, 15) is 8.42 Å². The van der Waals surface area contributed by atoms with Crippen molar-refractivity contribution in [3.8, 4) is 0 Å². The number of anilines is 1. The first-order chi connectivity index (χ1) is 16.2. The number of sulfonamides is 1. The molecule has 194 valence electrons. The van der Waals surface area contributed by atoms with Crippen molar-refractivity contribution in [2.75, 3.05) is 24.7 Å². The van der Waals surface area contributed by atoms with Crippen LogP contribution in [0.2, 0.25) is 23.3 Å². The van der Waals surface area contributed by atoms with Crippen LogP contribution in [-0.4, -0.2) is 67.5 Å². The van der Waals surface area contributed by atoms with Crippen molar-refractivity contribution >= 4 is 46.8 Å². The lowest BCUT2D eigenvalue weighted by Crippen LogP contribution is -2.44. The van der Waals surface area contributed by atoms with Crippen molar-refractivity contribution in [3.05, 3.63) is 23.1 Å². The monoisotopic (exact) mass is 539 g/mol. The fourth-order valence-electron chi connectivity index (χ4n) is 4.81. The molecule has 2 unspecified atom stereocenters. The van der Waals surface area contributed by atoms with Gasteiger partial charge >= 0.3 is 0 Å². The maximum Gasteiger partial charge on any atom is 0.223 e. The third-order valence-corrected chi connectivity index (χ3v) is 13.9. The van der Waals surface area contributed by atoms with Gasteiger partial charge < -0.3 is 9.74 Å². The van der Waals surface area contributed by atoms with Gasteiger partial charge in [0.05, 0.1) is 23.6 Å². The molecule has 11 heteroatoms. The van der Waals surface area contributed by atoms with E-state index in [4.69, 9.17) is 26.0 Å². The normalized spacial score (nSPS) is 23.2. The second kappa shape index (κ2) is 9.85. The summed E-state index contributed by atoms with van der Waals surface area (Å²) in [7, 11) is -5.09. The van der Waals surface area contributed by atoms with E-state index in [1.165, 1.54) is 10.6 Å². The van der Waals surface area contributed by atoms with Gasteiger partial charge in [-0.25, -0.2) is 27.7 Å². The molecule has 0 aromatic carbocycles. The molecule has 1 aliphatic heterocycles. The van der Waals surface area contributed by atoms with Gasteiger partial charge in [0.1, 0.15) is 5.15 Å². The molecule has 2 aromatic rings. The Hall–Kier alpha value is -1.33. The molecule has 3 heterocycles. The zero-order chi connectivity index (χ0) is 25.6. The Kier molecular flexibility index (Phi) is 7.52. The van der Waals surface area contributed by atoms with Crippen molar-refractivity contribution < 1.29 is 12.8 Å². The minimum absolute atomic E-state index is 0.108. The van der Waals surface area contributed by atoms with Crippen molar-refractivity contribution in [1.29, 1.82) is 0 Å². The van der Waals surface area contributed by atoms with E-state index in [1.807, 2.05) is 6.07 Å². The van der Waals surface area contributed by atoms with E-state index >= 15 is 0 Å². The Morgan fingerprint density at radius 3 is 2.46 bits per heavy atom. The van der Waals surface area contributed by atoms with Crippen LogP contribution < -0.4 is 5.32 Å². The highest BCUT2D eigenvalue weighted by Gasteiger charge is 2.43. The molecule has 0 spiro atoms. The highest BCUT2D eigenvalue weighted by molar-refractivity contribution is 7.88. The second-order valence-electron chi connectivity index (χ2n) is 11.5. The van der Waals surface area contributed by atoms with Gasteiger partial charge in [-0.3, -0.25) is 0 Å². The standard InChI is InChI=1S/C24H38ClN5O3SSi/c1-24(2,3)35(5,6)33-19-9-7-8-18(19)22-21-16(14-20(25)28-22)15-26-23(29-21)27-17-10-12-30(13-11-17)34(4,31)32/h14-15,17-19H,7-13H2,1-6H3,(H,26,27,29). The average molecular weight is 540 g/mol. The van der Waals surface area contributed by atoms with Gasteiger partial charge in [-0.05, 0) is 49.9 Å². The van der Waals surface area contributed by atoms with Gasteiger partial charge in [-0.1, -0.05) is 38.8 Å². The number of nitrogens with one attached hydrogen (secondary N) is 1. The summed E-state index contributed by atoms with van der Waals surface area (Å²) in [5, 5.41) is 4.87. The lowest BCUT2D eigenvalue weighted by atomic mass is 9.99. The summed E-state index contributed by atoms with van der Waals surface area (Å²) in [5.74, 6) is 0.687. The minimum atomic E-state index is -3.15. The zero-order valence-electron chi connectivity index (χ0n) is 21.6. The summed E-state index contributed by atoms with van der Waals surface area (Å²) >= 11 is 6.43. The molecule has 1 aliphatic carbocycles. The lowest BCUT2D eigenvalue weighted by Gasteiger charge is -2.39. The number of aromatic nitrogens is 3. The third-order valence-electron chi connectivity index (χ3n) is 7.87. The molecular formula is C24H38ClN5O3SSi. The summed E-state index contributed by atoms with van der Waals surface area (Å²) in [4.78, 5) is 14.2. The summed E-state index contributed by atoms with van der Waals surface area (Å²) in [6.07, 6.45) is 7.70. The number of piperidine rings is 1. The molecule has 35 heavy (non-hydrogen) atoms. The van der Waals surface area contributed by atoms with Crippen LogP contribution >= 0.6 is 11.6 Å². The summed E-state index contributed by atoms with van der Waals surface area (Å²) in [5.41, 5.74) is 1.71. The number of pyridine rings is 1. The van der Waals surface area contributed by atoms with Gasteiger partial charge in [0.2, 0.25) is 16.0 Å². The SMILES string of the molecule is CC(C)(C)[Si](C)(C)OC1CCCC1c1nc(Cl)cc2cnc(NC3CCN(S(C)(=O)=O)CC3)nc12. The molecule has 0 bridgehead atoms. The highest BCUT2D eigenvalue weighted by Crippen LogP contribution is 2.44. The van der Waals surface area contributed by atoms with Crippen LogP contribution in [0.15, 0.2) is 12.3 Å². The molecule has 2 fully saturated rings. The number of fused-ring (bicyclic) bond motifs is 1. The minimum Gasteiger partial charge on any atom is -0.413 e. The first-order valence-electron chi connectivity index (χ1n) is 12.5. The maximum atomic E-state index is 11.8. The zero-order valence-corrected chi connectivity index (χ0v) is 24.2. The quantitative estimate of drug-likeness (QED) is 0.399. The number of nitrogens with zero attached hydrogens (tertiary/aromatic N) is 4. The molecule has 4 rings (SSSR count). The number of hydrogen-bond acceptors (Lipinski definition) is 7. The van der Waals surface area contributed by atoms with Crippen molar-refractivity contribution in [3.63, 3.8) is 0 Å². The number of halogens is 1. The van der Waals surface area contributed by atoms with Crippen molar-refractivity contribution in [1.82, 2.24) is 19.3 Å². The lowest BCUT2D eigenvalue weighted by molar-refractivity contribution is 0.169. The van der Waals surface area contributed by atoms with Crippen molar-refractivity contribution in [2.24, 2.45) is 0 Å². The largest absolute Gasteiger partial charge is 0.413 e. The Bertz CT molecular complexity index is 1180. The third kappa shape index (κ3) is 5.98. The predicted molar refractivity (Wildman–Crippen MR) is 144 cm³/mol. The molecule has 1 saturated carbocycles. The van der Waals surface area contributed by atoms with Gasteiger partial charge in [-0.2, -0.15) is 0 Å². The van der Waals surface area contributed by atoms with E-state index < -0.39 is 18.3 Å². The second-order valence-corrected chi connectivity index (χ2v) is 18.6. The van der Waals surface area contributed by atoms with E-state index in [0.717, 1.165) is 35.9 Å². The molecule has 8 nitrogen and oxygen atoms in total. The van der Waals surface area contributed by atoms with Crippen LogP contribution in [0.4, 0.5) is 5.95 Å². The summed E-state index contributed by atoms with van der Waals surface area (Å²) < 4.78 is 32.0. The summed E-state index contributed by atoms with van der Waals surface area (Å²) in [6, 6.07) is 1.93. The van der Waals surface area contributed by atoms with Crippen LogP contribution in [0.25, 0.3) is 10.9 Å². The van der Waals surface area contributed by atoms with Crippen LogP contribution in [0.1, 0.15) is 64.5 Å². The van der Waals surface area contributed by atoms with Crippen molar-refractivity contribution in [2.45, 2.75) is 89.1 Å². The summed E-state index contributed by atoms with van der Waals surface area (Å²) in [6.45, 7) is 12.4. The molecule has 1 N–H and O–H groups in total. The highest BCUT2D eigenvalue weighted by atomic mass is 35.5. The van der Waals surface area contributed by atoms with E-state index in [1.54, 1.807) is 6.20 Å². The predicted octanol–water partition coefficient (Wildman–Crippen LogP) is 5.17. The van der Waals surface area contributed by atoms with E-state index in [2.05, 4.69) is 44.2 Å².